The maximum Gasteiger partial charge on any atom is 0.191 e. The van der Waals surface area contributed by atoms with Crippen molar-refractivity contribution in [3.05, 3.63) is 45.9 Å². The quantitative estimate of drug-likeness (QED) is 0.365. The fourth-order valence-corrected chi connectivity index (χ4v) is 3.00. The Labute approximate surface area is 171 Å². The molecule has 2 aromatic rings. The minimum Gasteiger partial charge on any atom is -0.491 e. The molecule has 138 valence electrons. The van der Waals surface area contributed by atoms with Crippen molar-refractivity contribution in [1.82, 2.24) is 15.6 Å². The van der Waals surface area contributed by atoms with Crippen LogP contribution in [0.3, 0.4) is 0 Å². The van der Waals surface area contributed by atoms with Crippen LogP contribution in [0.2, 0.25) is 0 Å². The number of thiazole rings is 1. The molecule has 5 nitrogen and oxygen atoms in total. The largest absolute Gasteiger partial charge is 0.491 e. The number of aliphatic imine (C=N–C) groups is 1. The second-order valence-electron chi connectivity index (χ2n) is 5.78. The third-order valence-electron chi connectivity index (χ3n) is 3.25. The van der Waals surface area contributed by atoms with Crippen LogP contribution in [0.4, 0.5) is 0 Å². The normalized spacial score (nSPS) is 11.2. The predicted molar refractivity (Wildman–Crippen MR) is 116 cm³/mol. The van der Waals surface area contributed by atoms with Crippen LogP contribution in [0.15, 0.2) is 35.5 Å². The Hall–Kier alpha value is -1.35. The molecule has 0 amide bonds. The molecule has 0 aliphatic carbocycles. The van der Waals surface area contributed by atoms with Gasteiger partial charge >= 0.3 is 0 Å². The molecule has 0 radical (unpaired) electrons. The molecule has 0 aliphatic heterocycles. The van der Waals surface area contributed by atoms with E-state index in [4.69, 9.17) is 4.74 Å². The lowest BCUT2D eigenvalue weighted by molar-refractivity contribution is 0.242. The summed E-state index contributed by atoms with van der Waals surface area (Å²) in [5.74, 6) is 1.69. The lowest BCUT2D eigenvalue weighted by Crippen LogP contribution is -2.37. The fraction of sp³-hybridized carbons (Fsp3) is 0.444. The van der Waals surface area contributed by atoms with Gasteiger partial charge in [0.1, 0.15) is 5.75 Å². The van der Waals surface area contributed by atoms with Crippen molar-refractivity contribution >= 4 is 41.3 Å². The van der Waals surface area contributed by atoms with Gasteiger partial charge in [-0.15, -0.1) is 35.3 Å². The van der Waals surface area contributed by atoms with Gasteiger partial charge in [-0.2, -0.15) is 0 Å². The van der Waals surface area contributed by atoms with E-state index in [0.29, 0.717) is 6.54 Å². The van der Waals surface area contributed by atoms with Gasteiger partial charge in [-0.1, -0.05) is 12.1 Å². The summed E-state index contributed by atoms with van der Waals surface area (Å²) < 4.78 is 5.72. The van der Waals surface area contributed by atoms with E-state index in [1.165, 1.54) is 4.88 Å². The molecule has 0 unspecified atom stereocenters. The van der Waals surface area contributed by atoms with E-state index in [9.17, 15) is 0 Å². The maximum absolute atomic E-state index is 5.72. The van der Waals surface area contributed by atoms with E-state index in [1.54, 1.807) is 18.4 Å². The summed E-state index contributed by atoms with van der Waals surface area (Å²) in [5, 5.41) is 7.79. The van der Waals surface area contributed by atoms with E-state index in [0.717, 1.165) is 35.2 Å². The van der Waals surface area contributed by atoms with Crippen molar-refractivity contribution in [3.63, 3.8) is 0 Å². The summed E-state index contributed by atoms with van der Waals surface area (Å²) in [4.78, 5) is 9.87. The monoisotopic (exact) mass is 474 g/mol. The molecule has 1 aromatic heterocycles. The Kier molecular flexibility index (Phi) is 9.81. The minimum absolute atomic E-state index is 0. The summed E-state index contributed by atoms with van der Waals surface area (Å²) in [5.41, 5.74) is 1.16. The van der Waals surface area contributed by atoms with E-state index in [-0.39, 0.29) is 30.1 Å². The summed E-state index contributed by atoms with van der Waals surface area (Å²) in [7, 11) is 1.78. The molecule has 0 saturated heterocycles. The highest BCUT2D eigenvalue weighted by Gasteiger charge is 2.03. The van der Waals surface area contributed by atoms with Crippen molar-refractivity contribution in [2.75, 3.05) is 13.6 Å². The van der Waals surface area contributed by atoms with Gasteiger partial charge in [0.05, 0.1) is 11.1 Å². The van der Waals surface area contributed by atoms with Gasteiger partial charge in [-0.05, 0) is 38.5 Å². The zero-order valence-electron chi connectivity index (χ0n) is 15.2. The number of nitrogens with zero attached hydrogens (tertiary/aromatic N) is 2. The average Bonchev–Trinajstić information content (AvgIpc) is 2.96. The van der Waals surface area contributed by atoms with Crippen molar-refractivity contribution in [2.45, 2.75) is 39.8 Å². The third kappa shape index (κ3) is 8.04. The molecule has 2 rings (SSSR count). The molecular formula is C18H27IN4OS. The Morgan fingerprint density at radius 3 is 2.76 bits per heavy atom. The lowest BCUT2D eigenvalue weighted by atomic mass is 10.2. The number of rotatable bonds is 7. The highest BCUT2D eigenvalue weighted by atomic mass is 127. The Balaban J connectivity index is 0.00000312. The molecule has 1 heterocycles. The van der Waals surface area contributed by atoms with Crippen LogP contribution in [-0.2, 0) is 13.0 Å². The summed E-state index contributed by atoms with van der Waals surface area (Å²) in [6.45, 7) is 7.64. The Morgan fingerprint density at radius 1 is 1.32 bits per heavy atom. The standard InChI is InChI=1S/C18H26N4OS.HI/c1-13(2)23-16-7-5-6-15(10-16)12-22-18(19-4)20-9-8-17-21-11-14(3)24-17;/h5-7,10-11,13H,8-9,12H2,1-4H3,(H2,19,20,22);1H. The van der Waals surface area contributed by atoms with Gasteiger partial charge in [0.25, 0.3) is 0 Å². The van der Waals surface area contributed by atoms with Crippen LogP contribution in [0.5, 0.6) is 5.75 Å². The Bertz CT molecular complexity index is 673. The number of hydrogen-bond acceptors (Lipinski definition) is 4. The number of hydrogen-bond donors (Lipinski definition) is 2. The van der Waals surface area contributed by atoms with Crippen LogP contribution in [0.25, 0.3) is 0 Å². The van der Waals surface area contributed by atoms with Crippen LogP contribution in [0.1, 0.15) is 29.3 Å². The van der Waals surface area contributed by atoms with Gasteiger partial charge in [0, 0.05) is 37.6 Å². The van der Waals surface area contributed by atoms with Crippen molar-refractivity contribution in [3.8, 4) is 5.75 Å². The summed E-state index contributed by atoms with van der Waals surface area (Å²) >= 11 is 1.74. The first-order valence-electron chi connectivity index (χ1n) is 8.18. The first-order valence-corrected chi connectivity index (χ1v) is 9.00. The van der Waals surface area contributed by atoms with Crippen LogP contribution in [-0.4, -0.2) is 30.6 Å². The molecule has 2 N–H and O–H groups in total. The first kappa shape index (κ1) is 21.7. The number of benzene rings is 1. The smallest absolute Gasteiger partial charge is 0.191 e. The second kappa shape index (κ2) is 11.3. The fourth-order valence-electron chi connectivity index (χ4n) is 2.21. The van der Waals surface area contributed by atoms with Crippen molar-refractivity contribution in [1.29, 1.82) is 0 Å². The third-order valence-corrected chi connectivity index (χ3v) is 4.23. The number of halogens is 1. The molecule has 25 heavy (non-hydrogen) atoms. The van der Waals surface area contributed by atoms with E-state index in [2.05, 4.69) is 39.7 Å². The van der Waals surface area contributed by atoms with Crippen LogP contribution < -0.4 is 15.4 Å². The molecule has 0 fully saturated rings. The van der Waals surface area contributed by atoms with Gasteiger partial charge in [0.15, 0.2) is 5.96 Å². The molecule has 0 saturated carbocycles. The number of aromatic nitrogens is 1. The molecule has 0 aliphatic rings. The zero-order chi connectivity index (χ0) is 17.4. The minimum atomic E-state index is 0. The predicted octanol–water partition coefficient (Wildman–Crippen LogP) is 3.76. The molecular weight excluding hydrogens is 447 g/mol. The topological polar surface area (TPSA) is 58.5 Å². The van der Waals surface area contributed by atoms with E-state index in [1.807, 2.05) is 32.2 Å². The molecule has 0 spiro atoms. The SMILES string of the molecule is CN=C(NCCc1ncc(C)s1)NCc1cccc(OC(C)C)c1.I. The molecule has 0 bridgehead atoms. The Morgan fingerprint density at radius 2 is 2.12 bits per heavy atom. The second-order valence-corrected chi connectivity index (χ2v) is 7.10. The molecule has 7 heteroatoms. The maximum atomic E-state index is 5.72. The van der Waals surface area contributed by atoms with Gasteiger partial charge < -0.3 is 15.4 Å². The van der Waals surface area contributed by atoms with Crippen molar-refractivity contribution < 1.29 is 4.74 Å². The molecule has 1 aromatic carbocycles. The van der Waals surface area contributed by atoms with Crippen LogP contribution in [0, 0.1) is 6.92 Å². The van der Waals surface area contributed by atoms with Crippen LogP contribution >= 0.6 is 35.3 Å². The van der Waals surface area contributed by atoms with Gasteiger partial charge in [-0.25, -0.2) is 4.98 Å². The number of ether oxygens (including phenoxy) is 1. The highest BCUT2D eigenvalue weighted by molar-refractivity contribution is 14.0. The van der Waals surface area contributed by atoms with E-state index < -0.39 is 0 Å². The number of guanidine groups is 1. The summed E-state index contributed by atoms with van der Waals surface area (Å²) in [6, 6.07) is 8.12. The lowest BCUT2D eigenvalue weighted by Gasteiger charge is -2.13. The summed E-state index contributed by atoms with van der Waals surface area (Å²) in [6.07, 6.45) is 2.99. The highest BCUT2D eigenvalue weighted by Crippen LogP contribution is 2.14. The number of aryl methyl sites for hydroxylation is 1. The van der Waals surface area contributed by atoms with E-state index >= 15 is 0 Å². The zero-order valence-corrected chi connectivity index (χ0v) is 18.4. The number of nitrogens with one attached hydrogen (secondary N) is 2. The molecule has 0 atom stereocenters. The van der Waals surface area contributed by atoms with Gasteiger partial charge in [-0.3, -0.25) is 4.99 Å². The average molecular weight is 474 g/mol. The van der Waals surface area contributed by atoms with Gasteiger partial charge in [0.2, 0.25) is 0 Å². The van der Waals surface area contributed by atoms with Crippen molar-refractivity contribution in [2.24, 2.45) is 4.99 Å². The first-order chi connectivity index (χ1) is 11.6.